The highest BCUT2D eigenvalue weighted by Gasteiger charge is 2.42. The number of hydrogen-bond donors (Lipinski definition) is 0. The number of piperidine rings is 1. The molecule has 2 heterocycles. The average Bonchev–Trinajstić information content (AvgIpc) is 3.02. The zero-order valence-corrected chi connectivity index (χ0v) is 25.7. The van der Waals surface area contributed by atoms with Gasteiger partial charge in [-0.25, -0.2) is 0 Å². The molecule has 1 saturated carbocycles. The Balaban J connectivity index is 1.28. The summed E-state index contributed by atoms with van der Waals surface area (Å²) in [5.41, 5.74) is 1.32. The number of amides is 2. The average molecular weight is 601 g/mol. The van der Waals surface area contributed by atoms with Gasteiger partial charge in [0.15, 0.2) is 0 Å². The van der Waals surface area contributed by atoms with Gasteiger partial charge in [0.2, 0.25) is 11.8 Å². The van der Waals surface area contributed by atoms with Crippen LogP contribution in [0, 0.1) is 5.92 Å². The first-order valence-electron chi connectivity index (χ1n) is 15.4. The predicted molar refractivity (Wildman–Crippen MR) is 166 cm³/mol. The van der Waals surface area contributed by atoms with E-state index in [-0.39, 0.29) is 23.8 Å². The topological polar surface area (TPSA) is 53.1 Å². The second kappa shape index (κ2) is 13.9. The van der Waals surface area contributed by atoms with Crippen molar-refractivity contribution < 1.29 is 14.3 Å². The van der Waals surface area contributed by atoms with Crippen molar-refractivity contribution in [3.05, 3.63) is 64.1 Å². The van der Waals surface area contributed by atoms with E-state index in [2.05, 4.69) is 4.90 Å². The van der Waals surface area contributed by atoms with Gasteiger partial charge in [-0.1, -0.05) is 73.7 Å². The summed E-state index contributed by atoms with van der Waals surface area (Å²) in [4.78, 5) is 33.0. The maximum Gasteiger partial charge on any atom is 0.226 e. The van der Waals surface area contributed by atoms with E-state index in [9.17, 15) is 9.59 Å². The van der Waals surface area contributed by atoms with Gasteiger partial charge >= 0.3 is 0 Å². The monoisotopic (exact) mass is 599 g/mol. The molecule has 8 heteroatoms. The Morgan fingerprint density at radius 2 is 1.68 bits per heavy atom. The molecule has 222 valence electrons. The Bertz CT molecular complexity index is 1180. The molecule has 2 aromatic carbocycles. The highest BCUT2D eigenvalue weighted by molar-refractivity contribution is 6.42. The fourth-order valence-electron chi connectivity index (χ4n) is 6.89. The van der Waals surface area contributed by atoms with Crippen molar-refractivity contribution in [2.75, 3.05) is 44.2 Å². The molecule has 2 aromatic rings. The molecule has 2 amide bonds. The maximum absolute atomic E-state index is 13.6. The maximum atomic E-state index is 13.6. The molecule has 0 aromatic heterocycles. The first-order chi connectivity index (χ1) is 19.9. The molecule has 1 aliphatic carbocycles. The number of rotatable bonds is 8. The van der Waals surface area contributed by atoms with Gasteiger partial charge in [-0.2, -0.15) is 0 Å². The fourth-order valence-corrected chi connectivity index (χ4v) is 7.19. The van der Waals surface area contributed by atoms with Crippen LogP contribution in [-0.2, 0) is 19.9 Å². The quantitative estimate of drug-likeness (QED) is 0.330. The van der Waals surface area contributed by atoms with Crippen LogP contribution in [0.4, 0.5) is 5.69 Å². The number of carbonyl (C=O) groups excluding carboxylic acids is 2. The van der Waals surface area contributed by atoms with Crippen LogP contribution >= 0.6 is 23.2 Å². The summed E-state index contributed by atoms with van der Waals surface area (Å²) >= 11 is 12.8. The third-order valence-electron chi connectivity index (χ3n) is 9.26. The number of para-hydroxylation sites is 1. The third kappa shape index (κ3) is 7.10. The Morgan fingerprint density at radius 3 is 2.37 bits per heavy atom. The van der Waals surface area contributed by atoms with E-state index in [1.807, 2.05) is 65.3 Å². The Hall–Kier alpha value is -2.12. The minimum absolute atomic E-state index is 0.130. The molecule has 2 aliphatic heterocycles. The van der Waals surface area contributed by atoms with E-state index in [4.69, 9.17) is 27.9 Å². The van der Waals surface area contributed by atoms with Crippen molar-refractivity contribution in [2.24, 2.45) is 5.92 Å². The minimum atomic E-state index is -0.637. The first-order valence-corrected chi connectivity index (χ1v) is 16.1. The number of benzene rings is 2. The van der Waals surface area contributed by atoms with Crippen LogP contribution in [0.3, 0.4) is 0 Å². The number of morpholine rings is 1. The van der Waals surface area contributed by atoms with E-state index in [0.29, 0.717) is 36.2 Å². The summed E-state index contributed by atoms with van der Waals surface area (Å²) in [6.07, 6.45) is 8.58. The van der Waals surface area contributed by atoms with E-state index in [1.54, 1.807) is 0 Å². The fraction of sp³-hybridized carbons (Fsp3) is 0.576. The lowest BCUT2D eigenvalue weighted by Crippen LogP contribution is -2.55. The summed E-state index contributed by atoms with van der Waals surface area (Å²) in [5, 5.41) is 1.02. The number of carbonyl (C=O) groups is 2. The third-order valence-corrected chi connectivity index (χ3v) is 10.00. The number of likely N-dealkylation sites (tertiary alicyclic amines) is 1. The van der Waals surface area contributed by atoms with Gasteiger partial charge in [-0.05, 0) is 61.9 Å². The Morgan fingerprint density at radius 1 is 0.951 bits per heavy atom. The van der Waals surface area contributed by atoms with Crippen LogP contribution < -0.4 is 4.90 Å². The van der Waals surface area contributed by atoms with Gasteiger partial charge in [-0.15, -0.1) is 0 Å². The molecule has 0 radical (unpaired) electrons. The summed E-state index contributed by atoms with van der Waals surface area (Å²) in [6, 6.07) is 16.0. The number of halogens is 2. The van der Waals surface area contributed by atoms with Gasteiger partial charge in [0.1, 0.15) is 5.60 Å². The number of anilines is 1. The lowest BCUT2D eigenvalue weighted by atomic mass is 9.85. The summed E-state index contributed by atoms with van der Waals surface area (Å²) in [5.74, 6) is 0.581. The Labute approximate surface area is 254 Å². The SMILES string of the molecule is CCC(=O)N(c1ccccc1)C1CCN(CCC2(c3ccc(Cl)c(Cl)c3)CN(C(=O)C3CCCCC3)CCO2)CC1. The van der Waals surface area contributed by atoms with Crippen LogP contribution in [0.5, 0.6) is 0 Å². The number of nitrogens with zero attached hydrogens (tertiary/aromatic N) is 3. The molecule has 2 saturated heterocycles. The molecule has 1 unspecified atom stereocenters. The van der Waals surface area contributed by atoms with Crippen LogP contribution in [-0.4, -0.2) is 67.0 Å². The Kier molecular flexibility index (Phi) is 10.3. The molecule has 1 atom stereocenters. The number of hydrogen-bond acceptors (Lipinski definition) is 4. The second-order valence-electron chi connectivity index (χ2n) is 11.8. The van der Waals surface area contributed by atoms with Crippen molar-refractivity contribution in [2.45, 2.75) is 76.4 Å². The van der Waals surface area contributed by atoms with Crippen molar-refractivity contribution in [3.63, 3.8) is 0 Å². The van der Waals surface area contributed by atoms with Gasteiger partial charge in [0.25, 0.3) is 0 Å². The van der Waals surface area contributed by atoms with Gasteiger partial charge < -0.3 is 19.4 Å². The lowest BCUT2D eigenvalue weighted by molar-refractivity contribution is -0.159. The van der Waals surface area contributed by atoms with Crippen molar-refractivity contribution in [1.82, 2.24) is 9.80 Å². The van der Waals surface area contributed by atoms with Gasteiger partial charge in [0.05, 0.1) is 23.2 Å². The van der Waals surface area contributed by atoms with Gasteiger partial charge in [0, 0.05) is 50.2 Å². The normalized spacial score (nSPS) is 23.0. The molecule has 3 fully saturated rings. The van der Waals surface area contributed by atoms with Crippen molar-refractivity contribution in [1.29, 1.82) is 0 Å². The number of ether oxygens (including phenoxy) is 1. The standard InChI is InChI=1S/C33H43Cl2N3O3/c1-2-31(39)38(27-11-7-4-8-12-27)28-15-18-36(19-16-28)20-17-33(26-13-14-29(34)30(35)23-26)24-37(21-22-41-33)32(40)25-9-5-3-6-10-25/h4,7-8,11-14,23,25,28H,2-3,5-6,9-10,15-22,24H2,1H3. The molecular formula is C33H43Cl2N3O3. The van der Waals surface area contributed by atoms with Crippen LogP contribution in [0.1, 0.15) is 70.3 Å². The molecule has 0 spiro atoms. The van der Waals surface area contributed by atoms with Crippen molar-refractivity contribution >= 4 is 40.7 Å². The molecule has 0 bridgehead atoms. The van der Waals surface area contributed by atoms with E-state index in [1.165, 1.54) is 6.42 Å². The molecular weight excluding hydrogens is 557 g/mol. The van der Waals surface area contributed by atoms with Crippen LogP contribution in [0.15, 0.2) is 48.5 Å². The largest absolute Gasteiger partial charge is 0.367 e. The summed E-state index contributed by atoms with van der Waals surface area (Å²) in [6.45, 7) is 6.26. The molecule has 6 nitrogen and oxygen atoms in total. The predicted octanol–water partition coefficient (Wildman–Crippen LogP) is 6.93. The zero-order valence-electron chi connectivity index (χ0n) is 24.2. The van der Waals surface area contributed by atoms with E-state index in [0.717, 1.165) is 75.8 Å². The molecule has 3 aliphatic rings. The highest BCUT2D eigenvalue weighted by Crippen LogP contribution is 2.38. The smallest absolute Gasteiger partial charge is 0.226 e. The zero-order chi connectivity index (χ0) is 28.8. The van der Waals surface area contributed by atoms with Crippen LogP contribution in [0.25, 0.3) is 0 Å². The summed E-state index contributed by atoms with van der Waals surface area (Å²) in [7, 11) is 0. The molecule has 0 N–H and O–H groups in total. The van der Waals surface area contributed by atoms with Crippen LogP contribution in [0.2, 0.25) is 10.0 Å². The first kappa shape index (κ1) is 30.3. The van der Waals surface area contributed by atoms with E-state index < -0.39 is 5.60 Å². The second-order valence-corrected chi connectivity index (χ2v) is 12.7. The summed E-state index contributed by atoms with van der Waals surface area (Å²) < 4.78 is 6.59. The highest BCUT2D eigenvalue weighted by atomic mass is 35.5. The lowest BCUT2D eigenvalue weighted by Gasteiger charge is -2.46. The van der Waals surface area contributed by atoms with Gasteiger partial charge in [-0.3, -0.25) is 9.59 Å². The molecule has 41 heavy (non-hydrogen) atoms. The van der Waals surface area contributed by atoms with Crippen molar-refractivity contribution in [3.8, 4) is 0 Å². The van der Waals surface area contributed by atoms with E-state index >= 15 is 0 Å². The molecule has 5 rings (SSSR count). The minimum Gasteiger partial charge on any atom is -0.367 e.